The largest absolute Gasteiger partial charge is 0.212 e. The second-order valence-electron chi connectivity index (χ2n) is 4.36. The summed E-state index contributed by atoms with van der Waals surface area (Å²) in [5.41, 5.74) is 6.57. The van der Waals surface area contributed by atoms with Gasteiger partial charge in [0, 0.05) is 24.1 Å². The van der Waals surface area contributed by atoms with E-state index >= 15 is 0 Å². The first kappa shape index (κ1) is 10.9. The van der Waals surface area contributed by atoms with Gasteiger partial charge in [-0.15, -0.1) is 0 Å². The molecule has 2 rings (SSSR count). The molecule has 1 heterocycles. The van der Waals surface area contributed by atoms with Crippen LogP contribution >= 0.6 is 0 Å². The van der Waals surface area contributed by atoms with Crippen molar-refractivity contribution >= 4 is 0 Å². The number of rotatable bonds is 1. The monoisotopic (exact) mass is 212 g/mol. The van der Waals surface area contributed by atoms with Crippen molar-refractivity contribution in [2.75, 3.05) is 0 Å². The van der Waals surface area contributed by atoms with E-state index in [1.54, 1.807) is 0 Å². The maximum absolute atomic E-state index is 2.26. The van der Waals surface area contributed by atoms with Crippen LogP contribution in [-0.2, 0) is 7.05 Å². The summed E-state index contributed by atoms with van der Waals surface area (Å²) < 4.78 is 2.26. The molecule has 0 aliphatic heterocycles. The molecule has 2 aromatic rings. The zero-order chi connectivity index (χ0) is 11.7. The van der Waals surface area contributed by atoms with Crippen molar-refractivity contribution in [3.8, 4) is 11.3 Å². The molecule has 0 spiro atoms. The first-order chi connectivity index (χ1) is 7.61. The van der Waals surface area contributed by atoms with E-state index in [9.17, 15) is 0 Å². The van der Waals surface area contributed by atoms with Crippen molar-refractivity contribution in [1.29, 1.82) is 0 Å². The van der Waals surface area contributed by atoms with Gasteiger partial charge in [0.05, 0.1) is 0 Å². The quantitative estimate of drug-likeness (QED) is 0.639. The van der Waals surface area contributed by atoms with Gasteiger partial charge in [-0.1, -0.05) is 18.2 Å². The minimum atomic E-state index is 1.28. The summed E-state index contributed by atoms with van der Waals surface area (Å²) in [7, 11) is 2.13. The molecule has 0 saturated heterocycles. The van der Waals surface area contributed by atoms with Crippen LogP contribution in [0.15, 0.2) is 36.4 Å². The number of nitrogens with zero attached hydrogens (tertiary/aromatic N) is 1. The molecule has 0 N–H and O–H groups in total. The van der Waals surface area contributed by atoms with Crippen molar-refractivity contribution < 1.29 is 4.57 Å². The fourth-order valence-corrected chi connectivity index (χ4v) is 2.01. The number of hydrogen-bond acceptors (Lipinski definition) is 0. The van der Waals surface area contributed by atoms with Gasteiger partial charge >= 0.3 is 0 Å². The lowest BCUT2D eigenvalue weighted by Gasteiger charge is -2.07. The van der Waals surface area contributed by atoms with Crippen LogP contribution in [0.2, 0.25) is 0 Å². The molecule has 0 aliphatic carbocycles. The summed E-state index contributed by atoms with van der Waals surface area (Å²) >= 11 is 0. The zero-order valence-electron chi connectivity index (χ0n) is 10.4. The lowest BCUT2D eigenvalue weighted by atomic mass is 10.0. The van der Waals surface area contributed by atoms with Crippen molar-refractivity contribution in [1.82, 2.24) is 0 Å². The maximum Gasteiger partial charge on any atom is 0.212 e. The summed E-state index contributed by atoms with van der Waals surface area (Å²) in [5, 5.41) is 0. The predicted molar refractivity (Wildman–Crippen MR) is 67.3 cm³/mol. The van der Waals surface area contributed by atoms with Crippen LogP contribution in [0.4, 0.5) is 0 Å². The molecule has 1 nitrogen and oxygen atoms in total. The molecule has 16 heavy (non-hydrogen) atoms. The van der Waals surface area contributed by atoms with Gasteiger partial charge < -0.3 is 0 Å². The zero-order valence-corrected chi connectivity index (χ0v) is 10.4. The number of pyridine rings is 1. The molecule has 0 unspecified atom stereocenters. The van der Waals surface area contributed by atoms with Crippen LogP contribution in [0.1, 0.15) is 16.8 Å². The van der Waals surface area contributed by atoms with E-state index in [0.29, 0.717) is 0 Å². The molecule has 0 atom stereocenters. The SMILES string of the molecule is Cc1ccccc1-c1ccc(C)c(C)[n+]1C. The Hall–Kier alpha value is -1.63. The van der Waals surface area contributed by atoms with Crippen LogP contribution in [0.3, 0.4) is 0 Å². The average Bonchev–Trinajstić information content (AvgIpc) is 2.28. The lowest BCUT2D eigenvalue weighted by Crippen LogP contribution is -2.35. The van der Waals surface area contributed by atoms with Crippen LogP contribution in [-0.4, -0.2) is 0 Å². The molecule has 1 heteroatoms. The highest BCUT2D eigenvalue weighted by atomic mass is 14.9. The summed E-state index contributed by atoms with van der Waals surface area (Å²) in [6.45, 7) is 6.47. The van der Waals surface area contributed by atoms with E-state index in [0.717, 1.165) is 0 Å². The Labute approximate surface area is 97.4 Å². The standard InChI is InChI=1S/C15H18N/c1-11-9-10-15(16(4)13(11)3)14-8-6-5-7-12(14)2/h5-10H,1-4H3/q+1. The van der Waals surface area contributed by atoms with Gasteiger partial charge in [-0.2, -0.15) is 4.57 Å². The second-order valence-corrected chi connectivity index (χ2v) is 4.36. The normalized spacial score (nSPS) is 10.5. The minimum Gasteiger partial charge on any atom is -0.198 e. The summed E-state index contributed by atoms with van der Waals surface area (Å²) in [6, 6.07) is 12.9. The minimum absolute atomic E-state index is 1.28. The highest BCUT2D eigenvalue weighted by molar-refractivity contribution is 5.60. The van der Waals surface area contributed by atoms with Gasteiger partial charge in [0.25, 0.3) is 0 Å². The third-order valence-corrected chi connectivity index (χ3v) is 3.35. The third kappa shape index (κ3) is 1.73. The molecule has 1 aromatic carbocycles. The Balaban J connectivity index is 2.66. The van der Waals surface area contributed by atoms with Crippen molar-refractivity contribution in [2.24, 2.45) is 7.05 Å². The first-order valence-electron chi connectivity index (χ1n) is 5.63. The van der Waals surface area contributed by atoms with E-state index in [1.165, 1.54) is 28.1 Å². The molecule has 0 radical (unpaired) electrons. The maximum atomic E-state index is 2.26. The highest BCUT2D eigenvalue weighted by Gasteiger charge is 2.14. The number of hydrogen-bond donors (Lipinski definition) is 0. The average molecular weight is 212 g/mol. The van der Waals surface area contributed by atoms with E-state index in [1.807, 2.05) is 0 Å². The van der Waals surface area contributed by atoms with Gasteiger partial charge in [0.1, 0.15) is 7.05 Å². The van der Waals surface area contributed by atoms with Crippen LogP contribution in [0, 0.1) is 20.8 Å². The van der Waals surface area contributed by atoms with E-state index in [4.69, 9.17) is 0 Å². The Bertz CT molecular complexity index is 527. The molecule has 0 saturated carbocycles. The van der Waals surface area contributed by atoms with Crippen molar-refractivity contribution in [3.63, 3.8) is 0 Å². The molecule has 0 bridgehead atoms. The molecule has 82 valence electrons. The molecule has 1 aromatic heterocycles. The molecule has 0 aliphatic rings. The number of aromatic nitrogens is 1. The predicted octanol–water partition coefficient (Wildman–Crippen LogP) is 3.10. The Morgan fingerprint density at radius 2 is 1.50 bits per heavy atom. The molecule has 0 amide bonds. The van der Waals surface area contributed by atoms with Gasteiger partial charge in [0.15, 0.2) is 5.69 Å². The van der Waals surface area contributed by atoms with Gasteiger partial charge in [0.2, 0.25) is 5.69 Å². The highest BCUT2D eigenvalue weighted by Crippen LogP contribution is 2.20. The summed E-state index contributed by atoms with van der Waals surface area (Å²) in [5.74, 6) is 0. The summed E-state index contributed by atoms with van der Waals surface area (Å²) in [4.78, 5) is 0. The van der Waals surface area contributed by atoms with Crippen LogP contribution in [0.5, 0.6) is 0 Å². The molecule has 0 fully saturated rings. The van der Waals surface area contributed by atoms with E-state index in [2.05, 4.69) is 68.8 Å². The fraction of sp³-hybridized carbons (Fsp3) is 0.267. The number of benzene rings is 1. The molecular formula is C15H18N+. The van der Waals surface area contributed by atoms with Crippen LogP contribution < -0.4 is 4.57 Å². The van der Waals surface area contributed by atoms with Crippen molar-refractivity contribution in [2.45, 2.75) is 20.8 Å². The lowest BCUT2D eigenvalue weighted by molar-refractivity contribution is -0.667. The topological polar surface area (TPSA) is 3.88 Å². The third-order valence-electron chi connectivity index (χ3n) is 3.35. The first-order valence-corrected chi connectivity index (χ1v) is 5.63. The number of aryl methyl sites for hydroxylation is 2. The smallest absolute Gasteiger partial charge is 0.198 e. The van der Waals surface area contributed by atoms with E-state index in [-0.39, 0.29) is 0 Å². The molecular weight excluding hydrogens is 194 g/mol. The fourth-order valence-electron chi connectivity index (χ4n) is 2.01. The second kappa shape index (κ2) is 4.09. The Morgan fingerprint density at radius 3 is 2.19 bits per heavy atom. The van der Waals surface area contributed by atoms with Gasteiger partial charge in [-0.25, -0.2) is 0 Å². The van der Waals surface area contributed by atoms with Crippen molar-refractivity contribution in [3.05, 3.63) is 53.2 Å². The van der Waals surface area contributed by atoms with E-state index < -0.39 is 0 Å². The summed E-state index contributed by atoms with van der Waals surface area (Å²) in [6.07, 6.45) is 0. The van der Waals surface area contributed by atoms with Crippen LogP contribution in [0.25, 0.3) is 11.3 Å². The Kier molecular flexibility index (Phi) is 2.78. The Morgan fingerprint density at radius 1 is 0.812 bits per heavy atom. The van der Waals surface area contributed by atoms with Gasteiger partial charge in [-0.05, 0) is 31.5 Å². The van der Waals surface area contributed by atoms with Gasteiger partial charge in [-0.3, -0.25) is 0 Å².